The van der Waals surface area contributed by atoms with Crippen LogP contribution in [0, 0.1) is 0 Å². The molecule has 3 unspecified atom stereocenters. The molecule has 0 amide bonds. The molecule has 1 aliphatic carbocycles. The normalized spacial score (nSPS) is 39.2. The van der Waals surface area contributed by atoms with Crippen LogP contribution < -0.4 is 5.73 Å². The second-order valence-electron chi connectivity index (χ2n) is 5.01. The van der Waals surface area contributed by atoms with Gasteiger partial charge in [0.2, 0.25) is 0 Å². The van der Waals surface area contributed by atoms with E-state index in [0.29, 0.717) is 18.2 Å². The summed E-state index contributed by atoms with van der Waals surface area (Å²) in [6.07, 6.45) is 8.16. The number of ether oxygens (including phenoxy) is 1. The van der Waals surface area contributed by atoms with Crippen molar-refractivity contribution in [3.63, 3.8) is 0 Å². The highest BCUT2D eigenvalue weighted by atomic mass is 16.5. The van der Waals surface area contributed by atoms with Gasteiger partial charge in [0.1, 0.15) is 0 Å². The number of likely N-dealkylation sites (tertiary alicyclic amines) is 1. The van der Waals surface area contributed by atoms with Gasteiger partial charge in [-0.15, -0.1) is 0 Å². The summed E-state index contributed by atoms with van der Waals surface area (Å²) in [6, 6.07) is 1.01. The van der Waals surface area contributed by atoms with Crippen molar-refractivity contribution in [2.45, 2.75) is 56.7 Å². The molecule has 1 heterocycles. The summed E-state index contributed by atoms with van der Waals surface area (Å²) in [4.78, 5) is 2.56. The van der Waals surface area contributed by atoms with Crippen LogP contribution in [0.3, 0.4) is 0 Å². The van der Waals surface area contributed by atoms with Crippen molar-refractivity contribution in [1.82, 2.24) is 4.90 Å². The smallest absolute Gasteiger partial charge is 0.0710 e. The molecule has 2 N–H and O–H groups in total. The monoisotopic (exact) mass is 212 g/mol. The summed E-state index contributed by atoms with van der Waals surface area (Å²) >= 11 is 0. The maximum atomic E-state index is 6.26. The number of hydrogen-bond donors (Lipinski definition) is 1. The van der Waals surface area contributed by atoms with Gasteiger partial charge in [-0.3, -0.25) is 4.90 Å². The first kappa shape index (κ1) is 11.4. The van der Waals surface area contributed by atoms with Gasteiger partial charge in [0, 0.05) is 32.3 Å². The first-order valence-electron chi connectivity index (χ1n) is 6.33. The van der Waals surface area contributed by atoms with Crippen molar-refractivity contribution < 1.29 is 4.74 Å². The maximum Gasteiger partial charge on any atom is 0.0710 e. The van der Waals surface area contributed by atoms with Gasteiger partial charge >= 0.3 is 0 Å². The molecule has 0 aromatic rings. The summed E-state index contributed by atoms with van der Waals surface area (Å²) in [5.41, 5.74) is 6.26. The fourth-order valence-corrected chi connectivity index (χ4v) is 3.02. The number of nitrogens with zero attached hydrogens (tertiary/aromatic N) is 1. The van der Waals surface area contributed by atoms with E-state index < -0.39 is 0 Å². The molecule has 0 aromatic carbocycles. The highest BCUT2D eigenvalue weighted by Crippen LogP contribution is 2.25. The fraction of sp³-hybridized carbons (Fsp3) is 1.00. The van der Waals surface area contributed by atoms with Crippen molar-refractivity contribution in [2.24, 2.45) is 5.73 Å². The van der Waals surface area contributed by atoms with Crippen molar-refractivity contribution in [1.29, 1.82) is 0 Å². The van der Waals surface area contributed by atoms with Crippen LogP contribution in [-0.4, -0.2) is 43.3 Å². The second-order valence-corrected chi connectivity index (χ2v) is 5.01. The van der Waals surface area contributed by atoms with Crippen molar-refractivity contribution >= 4 is 0 Å². The van der Waals surface area contributed by atoms with Crippen LogP contribution in [0.2, 0.25) is 0 Å². The molecule has 2 fully saturated rings. The molecule has 1 saturated carbocycles. The summed E-state index contributed by atoms with van der Waals surface area (Å²) < 4.78 is 5.42. The van der Waals surface area contributed by atoms with Gasteiger partial charge in [-0.2, -0.15) is 0 Å². The summed E-state index contributed by atoms with van der Waals surface area (Å²) in [6.45, 7) is 2.27. The van der Waals surface area contributed by atoms with E-state index in [9.17, 15) is 0 Å². The first-order valence-corrected chi connectivity index (χ1v) is 6.33. The SMILES string of the molecule is COC1CCN(C2CCCCCC2N)C1. The van der Waals surface area contributed by atoms with E-state index in [-0.39, 0.29) is 0 Å². The third-order valence-corrected chi connectivity index (χ3v) is 4.01. The molecule has 1 saturated heterocycles. The lowest BCUT2D eigenvalue weighted by Gasteiger charge is -2.31. The predicted octanol–water partition coefficient (Wildman–Crippen LogP) is 1.37. The average Bonchev–Trinajstić information content (AvgIpc) is 2.62. The molecule has 3 nitrogen and oxygen atoms in total. The van der Waals surface area contributed by atoms with Crippen LogP contribution in [0.15, 0.2) is 0 Å². The van der Waals surface area contributed by atoms with Gasteiger partial charge in [-0.25, -0.2) is 0 Å². The lowest BCUT2D eigenvalue weighted by Crippen LogP contribution is -2.46. The van der Waals surface area contributed by atoms with Crippen LogP contribution >= 0.6 is 0 Å². The summed E-state index contributed by atoms with van der Waals surface area (Å²) in [5, 5.41) is 0. The van der Waals surface area contributed by atoms with Crippen LogP contribution in [0.5, 0.6) is 0 Å². The Hall–Kier alpha value is -0.120. The van der Waals surface area contributed by atoms with E-state index in [2.05, 4.69) is 4.90 Å². The molecule has 3 atom stereocenters. The average molecular weight is 212 g/mol. The Labute approximate surface area is 93.0 Å². The second kappa shape index (κ2) is 5.28. The Morgan fingerprint density at radius 1 is 1.13 bits per heavy atom. The van der Waals surface area contributed by atoms with E-state index in [0.717, 1.165) is 6.54 Å². The minimum absolute atomic E-state index is 0.392. The molecule has 1 aliphatic heterocycles. The molecule has 88 valence electrons. The summed E-state index contributed by atoms with van der Waals surface area (Å²) in [5.74, 6) is 0. The highest BCUT2D eigenvalue weighted by molar-refractivity contribution is 4.89. The van der Waals surface area contributed by atoms with E-state index >= 15 is 0 Å². The zero-order chi connectivity index (χ0) is 10.7. The predicted molar refractivity (Wildman–Crippen MR) is 61.8 cm³/mol. The topological polar surface area (TPSA) is 38.5 Å². The Bertz CT molecular complexity index is 198. The van der Waals surface area contributed by atoms with Gasteiger partial charge in [0.05, 0.1) is 6.10 Å². The van der Waals surface area contributed by atoms with Crippen LogP contribution in [0.25, 0.3) is 0 Å². The zero-order valence-electron chi connectivity index (χ0n) is 9.82. The third-order valence-electron chi connectivity index (χ3n) is 4.01. The van der Waals surface area contributed by atoms with Gasteiger partial charge in [0.25, 0.3) is 0 Å². The summed E-state index contributed by atoms with van der Waals surface area (Å²) in [7, 11) is 1.82. The number of rotatable bonds is 2. The Balaban J connectivity index is 1.90. The van der Waals surface area contributed by atoms with E-state index in [1.165, 1.54) is 45.1 Å². The van der Waals surface area contributed by atoms with Crippen molar-refractivity contribution in [3.05, 3.63) is 0 Å². The Kier molecular flexibility index (Phi) is 4.00. The molecule has 2 rings (SSSR count). The highest BCUT2D eigenvalue weighted by Gasteiger charge is 2.31. The van der Waals surface area contributed by atoms with Crippen LogP contribution in [0.1, 0.15) is 38.5 Å². The van der Waals surface area contributed by atoms with Crippen molar-refractivity contribution in [2.75, 3.05) is 20.2 Å². The fourth-order valence-electron chi connectivity index (χ4n) is 3.02. The standard InChI is InChI=1S/C12H24N2O/c1-15-10-7-8-14(9-10)12-6-4-2-3-5-11(12)13/h10-12H,2-9,13H2,1H3. The van der Waals surface area contributed by atoms with Crippen LogP contribution in [0.4, 0.5) is 0 Å². The molecular formula is C12H24N2O. The lowest BCUT2D eigenvalue weighted by molar-refractivity contribution is 0.0963. The Morgan fingerprint density at radius 3 is 2.67 bits per heavy atom. The van der Waals surface area contributed by atoms with Crippen LogP contribution in [-0.2, 0) is 4.74 Å². The molecular weight excluding hydrogens is 188 g/mol. The minimum atomic E-state index is 0.392. The lowest BCUT2D eigenvalue weighted by atomic mass is 10.0. The van der Waals surface area contributed by atoms with Crippen molar-refractivity contribution in [3.8, 4) is 0 Å². The molecule has 0 aromatic heterocycles. The van der Waals surface area contributed by atoms with E-state index in [1.54, 1.807) is 0 Å². The molecule has 0 spiro atoms. The van der Waals surface area contributed by atoms with E-state index in [4.69, 9.17) is 10.5 Å². The molecule has 2 aliphatic rings. The number of nitrogens with two attached hydrogens (primary N) is 1. The van der Waals surface area contributed by atoms with Gasteiger partial charge in [-0.1, -0.05) is 19.3 Å². The van der Waals surface area contributed by atoms with Gasteiger partial charge in [-0.05, 0) is 19.3 Å². The number of methoxy groups -OCH3 is 1. The zero-order valence-corrected chi connectivity index (χ0v) is 9.82. The third kappa shape index (κ3) is 2.71. The largest absolute Gasteiger partial charge is 0.380 e. The maximum absolute atomic E-state index is 6.26. The van der Waals surface area contributed by atoms with Gasteiger partial charge in [0.15, 0.2) is 0 Å². The molecule has 3 heteroatoms. The van der Waals surface area contributed by atoms with Gasteiger partial charge < -0.3 is 10.5 Å². The Morgan fingerprint density at radius 2 is 1.93 bits per heavy atom. The van der Waals surface area contributed by atoms with E-state index in [1.807, 2.05) is 7.11 Å². The minimum Gasteiger partial charge on any atom is -0.380 e. The quantitative estimate of drug-likeness (QED) is 0.703. The molecule has 0 bridgehead atoms. The molecule has 0 radical (unpaired) electrons. The molecule has 15 heavy (non-hydrogen) atoms. The number of hydrogen-bond acceptors (Lipinski definition) is 3. The first-order chi connectivity index (χ1) is 7.31.